The zero-order chi connectivity index (χ0) is 10.2. The molecule has 0 aromatic carbocycles. The van der Waals surface area contributed by atoms with E-state index in [9.17, 15) is 13.2 Å². The van der Waals surface area contributed by atoms with Crippen molar-refractivity contribution in [3.05, 3.63) is 0 Å². The summed E-state index contributed by atoms with van der Waals surface area (Å²) in [5.41, 5.74) is 3.48. The van der Waals surface area contributed by atoms with Crippen molar-refractivity contribution >= 4 is 45.7 Å². The predicted octanol–water partition coefficient (Wildman–Crippen LogP) is -2.45. The molecule has 0 aromatic heterocycles. The number of hydrazine groups is 2. The van der Waals surface area contributed by atoms with E-state index < -0.39 is 16.1 Å². The number of rotatable bonds is 1. The second kappa shape index (κ2) is 10.2. The first-order valence-corrected chi connectivity index (χ1v) is 4.40. The number of nitrogens with one attached hydrogen (secondary N) is 2. The Balaban J connectivity index is -0.000000143. The van der Waals surface area contributed by atoms with Crippen LogP contribution in [0.3, 0.4) is 0 Å². The number of hydrogen-bond acceptors (Lipinski definition) is 5. The van der Waals surface area contributed by atoms with Crippen molar-refractivity contribution < 1.29 is 17.8 Å². The summed E-state index contributed by atoms with van der Waals surface area (Å²) in [5, 5.41) is 0. The fraction of sp³-hybridized carbons (Fsp3) is 0.667. The normalized spacial score (nSPS) is 8.62. The largest absolute Gasteiger partial charge is 0.343 e. The Morgan fingerprint density at radius 2 is 1.62 bits per heavy atom. The van der Waals surface area contributed by atoms with Crippen molar-refractivity contribution in [2.45, 2.75) is 6.92 Å². The first kappa shape index (κ1) is 18.8. The van der Waals surface area contributed by atoms with Gasteiger partial charge in [-0.1, -0.05) is 0 Å². The van der Waals surface area contributed by atoms with E-state index >= 15 is 0 Å². The summed E-state index contributed by atoms with van der Waals surface area (Å²) in [6, 6.07) is -0.602. The van der Waals surface area contributed by atoms with E-state index in [1.807, 2.05) is 0 Å². The van der Waals surface area contributed by atoms with Gasteiger partial charge in [-0.15, -0.1) is 0 Å². The maximum Gasteiger partial charge on any atom is 0.343 e. The molecule has 0 rings (SSSR count). The van der Waals surface area contributed by atoms with Gasteiger partial charge in [0, 0.05) is 29.6 Å². The van der Waals surface area contributed by atoms with Gasteiger partial charge >= 0.3 is 6.03 Å². The number of urea groups is 1. The molecule has 2 amide bonds. The Hall–Kier alpha value is 0.1000. The minimum atomic E-state index is -3.66. The molecule has 7 N–H and O–H groups in total. The molecular weight excluding hydrogens is 211 g/mol. The third-order valence-corrected chi connectivity index (χ3v) is 1.36. The molecule has 0 saturated carbocycles. The summed E-state index contributed by atoms with van der Waals surface area (Å²) in [6.07, 6.45) is 0. The third-order valence-electron chi connectivity index (χ3n) is 0.627. The molecule has 0 fully saturated rings. The average molecular weight is 223 g/mol. The quantitative estimate of drug-likeness (QED) is 0.109. The molecule has 0 aromatic rings. The average Bonchev–Trinajstić information content (AvgIpc) is 2.03. The van der Waals surface area contributed by atoms with Gasteiger partial charge in [-0.2, -0.15) is 8.42 Å². The van der Waals surface area contributed by atoms with Crippen molar-refractivity contribution in [2.24, 2.45) is 11.7 Å². The predicted molar refractivity (Wildman–Crippen MR) is 47.9 cm³/mol. The zero-order valence-corrected chi connectivity index (χ0v) is 10.3. The Bertz CT molecular complexity index is 211. The summed E-state index contributed by atoms with van der Waals surface area (Å²) < 4.78 is 26.9. The summed E-state index contributed by atoms with van der Waals surface area (Å²) in [7, 11) is -3.66. The van der Waals surface area contributed by atoms with Crippen molar-refractivity contribution in [3.8, 4) is 0 Å². The Morgan fingerprint density at radius 3 is 1.62 bits per heavy atom. The van der Waals surface area contributed by atoms with Gasteiger partial charge in [-0.05, 0) is 6.92 Å². The van der Waals surface area contributed by atoms with Gasteiger partial charge in [-0.25, -0.2) is 16.5 Å². The molecule has 0 atom stereocenters. The van der Waals surface area contributed by atoms with Crippen LogP contribution in [0.4, 0.5) is 4.79 Å². The van der Waals surface area contributed by atoms with E-state index in [0.717, 1.165) is 0 Å². The number of carbonyl (C=O) groups excluding carboxylic acids is 1. The van der Waals surface area contributed by atoms with Gasteiger partial charge in [0.2, 0.25) is 0 Å². The standard InChI is InChI=1S/C2H6O3S.CH6N4O.Na/c1-2-6(3,4)5;2-4-1(6)5-3;/h2H2,1H3,(H,3,4,5);2-3H2,(H2,4,5,6);. The van der Waals surface area contributed by atoms with Gasteiger partial charge < -0.3 is 0 Å². The first-order chi connectivity index (χ1) is 5.37. The third kappa shape index (κ3) is 24.5. The van der Waals surface area contributed by atoms with E-state index in [4.69, 9.17) is 4.55 Å². The maximum atomic E-state index is 9.71. The van der Waals surface area contributed by atoms with E-state index in [2.05, 4.69) is 11.7 Å². The van der Waals surface area contributed by atoms with E-state index in [1.54, 1.807) is 10.9 Å². The Kier molecular flexibility index (Phi) is 14.7. The molecule has 0 aliphatic carbocycles. The SMILES string of the molecule is CCS(=O)(=O)O.NNC(=O)NN.[Na]. The molecule has 13 heavy (non-hydrogen) atoms. The topological polar surface area (TPSA) is 148 Å². The summed E-state index contributed by atoms with van der Waals surface area (Å²) in [6.45, 7) is 1.37. The van der Waals surface area contributed by atoms with Crippen LogP contribution in [-0.2, 0) is 10.1 Å². The van der Waals surface area contributed by atoms with Crippen LogP contribution in [-0.4, -0.2) is 54.3 Å². The van der Waals surface area contributed by atoms with Gasteiger partial charge in [0.15, 0.2) is 0 Å². The van der Waals surface area contributed by atoms with Crippen LogP contribution in [0.5, 0.6) is 0 Å². The molecule has 10 heteroatoms. The van der Waals surface area contributed by atoms with Crippen molar-refractivity contribution in [1.29, 1.82) is 0 Å². The number of nitrogens with two attached hydrogens (primary N) is 2. The summed E-state index contributed by atoms with van der Waals surface area (Å²) >= 11 is 0. The number of hydrogen-bond donors (Lipinski definition) is 5. The second-order valence-corrected chi connectivity index (χ2v) is 3.23. The van der Waals surface area contributed by atoms with E-state index in [0.29, 0.717) is 0 Å². The summed E-state index contributed by atoms with van der Waals surface area (Å²) in [5.74, 6) is 8.88. The molecule has 0 bridgehead atoms. The molecule has 0 aliphatic heterocycles. The first-order valence-electron chi connectivity index (χ1n) is 2.79. The minimum Gasteiger partial charge on any atom is -0.286 e. The molecular formula is C3H12N4NaO4S. The molecule has 0 unspecified atom stereocenters. The van der Waals surface area contributed by atoms with Crippen molar-refractivity contribution in [3.63, 3.8) is 0 Å². The van der Waals surface area contributed by atoms with Gasteiger partial charge in [0.25, 0.3) is 10.1 Å². The number of carbonyl (C=O) groups is 1. The van der Waals surface area contributed by atoms with Crippen LogP contribution in [0.15, 0.2) is 0 Å². The smallest absolute Gasteiger partial charge is 0.286 e. The van der Waals surface area contributed by atoms with Crippen LogP contribution >= 0.6 is 0 Å². The Labute approximate surface area is 98.4 Å². The fourth-order valence-electron chi connectivity index (χ4n) is 0.0417. The number of amides is 2. The molecule has 0 aliphatic rings. The van der Waals surface area contributed by atoms with Crippen LogP contribution in [0.2, 0.25) is 0 Å². The Morgan fingerprint density at radius 1 is 1.38 bits per heavy atom. The molecule has 0 heterocycles. The van der Waals surface area contributed by atoms with Crippen LogP contribution < -0.4 is 22.5 Å². The molecule has 75 valence electrons. The van der Waals surface area contributed by atoms with Crippen LogP contribution in [0.25, 0.3) is 0 Å². The minimum absolute atomic E-state index is 0. The van der Waals surface area contributed by atoms with Crippen molar-refractivity contribution in [1.82, 2.24) is 10.9 Å². The maximum absolute atomic E-state index is 9.71. The van der Waals surface area contributed by atoms with E-state index in [-0.39, 0.29) is 35.3 Å². The molecule has 1 radical (unpaired) electrons. The van der Waals surface area contributed by atoms with E-state index in [1.165, 1.54) is 6.92 Å². The molecule has 8 nitrogen and oxygen atoms in total. The molecule has 0 saturated heterocycles. The zero-order valence-electron chi connectivity index (χ0n) is 7.44. The van der Waals surface area contributed by atoms with Crippen LogP contribution in [0.1, 0.15) is 6.92 Å². The molecule has 0 spiro atoms. The monoisotopic (exact) mass is 223 g/mol. The van der Waals surface area contributed by atoms with Gasteiger partial charge in [0.1, 0.15) is 0 Å². The van der Waals surface area contributed by atoms with Crippen molar-refractivity contribution in [2.75, 3.05) is 5.75 Å². The van der Waals surface area contributed by atoms with Gasteiger partial charge in [-0.3, -0.25) is 15.4 Å². The fourth-order valence-corrected chi connectivity index (χ4v) is 0.0417. The van der Waals surface area contributed by atoms with Crippen LogP contribution in [0, 0.1) is 0 Å². The summed E-state index contributed by atoms with van der Waals surface area (Å²) in [4.78, 5) is 9.71. The second-order valence-electron chi connectivity index (χ2n) is 1.49. The van der Waals surface area contributed by atoms with Gasteiger partial charge in [0.05, 0.1) is 5.75 Å².